The van der Waals surface area contributed by atoms with E-state index in [-0.39, 0.29) is 23.4 Å². The Labute approximate surface area is 121 Å². The van der Waals surface area contributed by atoms with Crippen molar-refractivity contribution in [3.05, 3.63) is 35.4 Å². The summed E-state index contributed by atoms with van der Waals surface area (Å²) in [5, 5.41) is 0. The largest absolute Gasteiger partial charge is 0.321 e. The van der Waals surface area contributed by atoms with Gasteiger partial charge in [0.2, 0.25) is 0 Å². The number of Topliss-reactive ketones (excluding diaryl/α,β-unsaturated/α-hetero) is 1. The van der Waals surface area contributed by atoms with Crippen LogP contribution in [0.3, 0.4) is 0 Å². The van der Waals surface area contributed by atoms with Gasteiger partial charge in [-0.25, -0.2) is 8.42 Å². The lowest BCUT2D eigenvalue weighted by atomic mass is 9.86. The Morgan fingerprint density at radius 3 is 2.10 bits per heavy atom. The molecule has 0 heterocycles. The molecule has 1 aromatic rings. The predicted octanol–water partition coefficient (Wildman–Crippen LogP) is 1.93. The van der Waals surface area contributed by atoms with E-state index in [1.54, 1.807) is 12.1 Å². The van der Waals surface area contributed by atoms with E-state index in [1.807, 2.05) is 12.1 Å². The molecule has 0 fully saturated rings. The fourth-order valence-electron chi connectivity index (χ4n) is 1.82. The second-order valence-corrected chi connectivity index (χ2v) is 8.48. The van der Waals surface area contributed by atoms with E-state index < -0.39 is 15.9 Å². The highest BCUT2D eigenvalue weighted by molar-refractivity contribution is 7.90. The molecule has 4 nitrogen and oxygen atoms in total. The van der Waals surface area contributed by atoms with Gasteiger partial charge in [0.05, 0.1) is 11.8 Å². The molecule has 0 aliphatic rings. The number of hydrogen-bond donors (Lipinski definition) is 1. The number of rotatable bonds is 5. The van der Waals surface area contributed by atoms with E-state index in [0.717, 1.165) is 11.8 Å². The fraction of sp³-hybridized carbons (Fsp3) is 0.533. The summed E-state index contributed by atoms with van der Waals surface area (Å²) in [5.41, 5.74) is 7.46. The highest BCUT2D eigenvalue weighted by atomic mass is 32.2. The van der Waals surface area contributed by atoms with Crippen LogP contribution in [-0.2, 0) is 15.3 Å². The van der Waals surface area contributed by atoms with Crippen LogP contribution in [0.4, 0.5) is 0 Å². The zero-order valence-electron chi connectivity index (χ0n) is 12.5. The summed E-state index contributed by atoms with van der Waals surface area (Å²) in [4.78, 5) is 12.1. The van der Waals surface area contributed by atoms with Crippen LogP contribution < -0.4 is 5.73 Å². The van der Waals surface area contributed by atoms with Crippen molar-refractivity contribution in [3.8, 4) is 0 Å². The molecule has 0 saturated carbocycles. The van der Waals surface area contributed by atoms with Crippen LogP contribution in [-0.4, -0.2) is 32.3 Å². The number of ketones is 1. The van der Waals surface area contributed by atoms with E-state index in [2.05, 4.69) is 20.8 Å². The summed E-state index contributed by atoms with van der Waals surface area (Å²) >= 11 is 0. The average molecular weight is 297 g/mol. The number of sulfone groups is 1. The smallest absolute Gasteiger partial charge is 0.179 e. The highest BCUT2D eigenvalue weighted by Crippen LogP contribution is 2.22. The lowest BCUT2D eigenvalue weighted by Crippen LogP contribution is -2.32. The van der Waals surface area contributed by atoms with Gasteiger partial charge in [0.25, 0.3) is 0 Å². The number of carbonyl (C=O) groups excluding carboxylic acids is 1. The first kappa shape index (κ1) is 16.9. The van der Waals surface area contributed by atoms with Crippen LogP contribution in [0.1, 0.15) is 43.1 Å². The minimum Gasteiger partial charge on any atom is -0.321 e. The fourth-order valence-corrected chi connectivity index (χ4v) is 2.50. The van der Waals surface area contributed by atoms with E-state index in [1.165, 1.54) is 0 Å². The first-order valence-electron chi connectivity index (χ1n) is 6.59. The predicted molar refractivity (Wildman–Crippen MR) is 81.8 cm³/mol. The minimum absolute atomic E-state index is 0.0278. The van der Waals surface area contributed by atoms with E-state index in [4.69, 9.17) is 5.73 Å². The van der Waals surface area contributed by atoms with Gasteiger partial charge < -0.3 is 5.73 Å². The van der Waals surface area contributed by atoms with Gasteiger partial charge in [-0.15, -0.1) is 0 Å². The molecule has 0 amide bonds. The van der Waals surface area contributed by atoms with Crippen LogP contribution in [0.15, 0.2) is 24.3 Å². The molecule has 2 N–H and O–H groups in total. The van der Waals surface area contributed by atoms with Crippen molar-refractivity contribution >= 4 is 15.6 Å². The number of nitrogens with two attached hydrogens (primary N) is 1. The number of benzene rings is 1. The molecule has 0 aliphatic heterocycles. The van der Waals surface area contributed by atoms with Gasteiger partial charge in [0, 0.05) is 11.8 Å². The van der Waals surface area contributed by atoms with Crippen LogP contribution in [0.25, 0.3) is 0 Å². The zero-order valence-corrected chi connectivity index (χ0v) is 13.3. The number of carbonyl (C=O) groups is 1. The topological polar surface area (TPSA) is 77.2 Å². The van der Waals surface area contributed by atoms with Crippen molar-refractivity contribution in [2.24, 2.45) is 5.73 Å². The summed E-state index contributed by atoms with van der Waals surface area (Å²) in [5.74, 6) is -0.283. The Morgan fingerprint density at radius 2 is 1.70 bits per heavy atom. The van der Waals surface area contributed by atoms with Crippen molar-refractivity contribution in [2.45, 2.75) is 38.6 Å². The quantitative estimate of drug-likeness (QED) is 0.842. The monoisotopic (exact) mass is 297 g/mol. The van der Waals surface area contributed by atoms with Crippen LogP contribution in [0.2, 0.25) is 0 Å². The van der Waals surface area contributed by atoms with Crippen molar-refractivity contribution in [1.29, 1.82) is 0 Å². The third-order valence-corrected chi connectivity index (χ3v) is 4.15. The van der Waals surface area contributed by atoms with Crippen molar-refractivity contribution in [2.75, 3.05) is 12.0 Å². The molecular weight excluding hydrogens is 274 g/mol. The third-order valence-electron chi connectivity index (χ3n) is 3.17. The Bertz CT molecular complexity index is 568. The summed E-state index contributed by atoms with van der Waals surface area (Å²) in [7, 11) is -3.09. The van der Waals surface area contributed by atoms with Gasteiger partial charge in [-0.1, -0.05) is 45.0 Å². The van der Waals surface area contributed by atoms with Gasteiger partial charge in [0.1, 0.15) is 9.84 Å². The summed E-state index contributed by atoms with van der Waals surface area (Å²) in [6, 6.07) is 6.56. The van der Waals surface area contributed by atoms with Crippen LogP contribution in [0, 0.1) is 0 Å². The van der Waals surface area contributed by atoms with Crippen LogP contribution >= 0.6 is 0 Å². The molecule has 0 saturated heterocycles. The SMILES string of the molecule is CC(C)(C)c1ccc(C(=O)C(N)CCS(C)(=O)=O)cc1. The Kier molecular flexibility index (Phi) is 5.10. The maximum absolute atomic E-state index is 12.1. The van der Waals surface area contributed by atoms with E-state index in [0.29, 0.717) is 5.56 Å². The molecule has 0 bridgehead atoms. The summed E-state index contributed by atoms with van der Waals surface area (Å²) < 4.78 is 22.2. The summed E-state index contributed by atoms with van der Waals surface area (Å²) in [6.07, 6.45) is 1.29. The first-order valence-corrected chi connectivity index (χ1v) is 8.65. The molecule has 20 heavy (non-hydrogen) atoms. The average Bonchev–Trinajstić information content (AvgIpc) is 2.33. The molecule has 1 unspecified atom stereocenters. The minimum atomic E-state index is -3.09. The maximum atomic E-state index is 12.1. The molecule has 112 valence electrons. The molecule has 0 aliphatic carbocycles. The third kappa shape index (κ3) is 5.06. The first-order chi connectivity index (χ1) is 9.00. The lowest BCUT2D eigenvalue weighted by molar-refractivity contribution is 0.0959. The van der Waals surface area contributed by atoms with E-state index >= 15 is 0 Å². The molecule has 1 aromatic carbocycles. The zero-order chi connectivity index (χ0) is 15.6. The summed E-state index contributed by atoms with van der Waals surface area (Å²) in [6.45, 7) is 6.30. The Hall–Kier alpha value is -1.20. The molecule has 5 heteroatoms. The molecule has 0 spiro atoms. The molecule has 0 aromatic heterocycles. The molecular formula is C15H23NO3S. The highest BCUT2D eigenvalue weighted by Gasteiger charge is 2.19. The van der Waals surface area contributed by atoms with Gasteiger partial charge in [-0.05, 0) is 17.4 Å². The second kappa shape index (κ2) is 6.06. The second-order valence-electron chi connectivity index (χ2n) is 6.22. The molecule has 1 atom stereocenters. The van der Waals surface area contributed by atoms with Crippen molar-refractivity contribution in [3.63, 3.8) is 0 Å². The Morgan fingerprint density at radius 1 is 1.20 bits per heavy atom. The maximum Gasteiger partial charge on any atom is 0.179 e. The van der Waals surface area contributed by atoms with Crippen molar-refractivity contribution < 1.29 is 13.2 Å². The van der Waals surface area contributed by atoms with Crippen LogP contribution in [0.5, 0.6) is 0 Å². The lowest BCUT2D eigenvalue weighted by Gasteiger charge is -2.19. The number of hydrogen-bond acceptors (Lipinski definition) is 4. The molecule has 0 radical (unpaired) electrons. The standard InChI is InChI=1S/C15H23NO3S/c1-15(2,3)12-7-5-11(6-8-12)14(17)13(16)9-10-20(4,18)19/h5-8,13H,9-10,16H2,1-4H3. The Balaban J connectivity index is 2.77. The molecule has 1 rings (SSSR count). The van der Waals surface area contributed by atoms with E-state index in [9.17, 15) is 13.2 Å². The van der Waals surface area contributed by atoms with Gasteiger partial charge in [0.15, 0.2) is 5.78 Å². The van der Waals surface area contributed by atoms with Gasteiger partial charge in [-0.3, -0.25) is 4.79 Å². The van der Waals surface area contributed by atoms with Gasteiger partial charge in [-0.2, -0.15) is 0 Å². The van der Waals surface area contributed by atoms with Gasteiger partial charge >= 0.3 is 0 Å². The normalized spacial score (nSPS) is 14.1. The van der Waals surface area contributed by atoms with Crippen molar-refractivity contribution in [1.82, 2.24) is 0 Å².